The molecule has 1 heterocycles. The lowest BCUT2D eigenvalue weighted by Gasteiger charge is -2.35. The predicted octanol–water partition coefficient (Wildman–Crippen LogP) is 5.61. The maximum absolute atomic E-state index is 12.8. The number of hydrogen-bond donors (Lipinski definition) is 1. The second kappa shape index (κ2) is 11.5. The van der Waals surface area contributed by atoms with E-state index >= 15 is 0 Å². The van der Waals surface area contributed by atoms with E-state index in [-0.39, 0.29) is 37.3 Å². The first kappa shape index (κ1) is 24.6. The number of halogens is 5. The summed E-state index contributed by atoms with van der Waals surface area (Å²) >= 11 is 0. The molecule has 0 aromatic heterocycles. The molecule has 28 heavy (non-hydrogen) atoms. The molecule has 2 aromatic rings. The second-order valence-corrected chi connectivity index (χ2v) is 6.44. The van der Waals surface area contributed by atoms with E-state index in [1.54, 1.807) is 0 Å². The van der Waals surface area contributed by atoms with Crippen molar-refractivity contribution in [2.45, 2.75) is 25.1 Å². The van der Waals surface area contributed by atoms with Crippen LogP contribution in [0.15, 0.2) is 54.6 Å². The Hall–Kier alpha value is -1.47. The Labute approximate surface area is 176 Å². The van der Waals surface area contributed by atoms with Crippen LogP contribution in [0.4, 0.5) is 13.2 Å². The van der Waals surface area contributed by atoms with Gasteiger partial charge < -0.3 is 10.1 Å². The Morgan fingerprint density at radius 3 is 2.04 bits per heavy atom. The van der Waals surface area contributed by atoms with Gasteiger partial charge in [0.25, 0.3) is 0 Å². The van der Waals surface area contributed by atoms with E-state index in [2.05, 4.69) is 10.2 Å². The van der Waals surface area contributed by atoms with Crippen molar-refractivity contribution in [2.75, 3.05) is 26.2 Å². The molecule has 1 saturated heterocycles. The normalized spacial score (nSPS) is 15.8. The van der Waals surface area contributed by atoms with Crippen molar-refractivity contribution in [1.29, 1.82) is 0 Å². The van der Waals surface area contributed by atoms with Crippen molar-refractivity contribution in [3.63, 3.8) is 0 Å². The third kappa shape index (κ3) is 7.51. The van der Waals surface area contributed by atoms with E-state index in [1.807, 2.05) is 54.6 Å². The van der Waals surface area contributed by atoms with Crippen molar-refractivity contribution in [3.05, 3.63) is 60.2 Å². The Morgan fingerprint density at radius 2 is 1.46 bits per heavy atom. The summed E-state index contributed by atoms with van der Waals surface area (Å²) in [6.45, 7) is 3.12. The lowest BCUT2D eigenvalue weighted by atomic mass is 9.99. The molecule has 1 atom stereocenters. The zero-order valence-corrected chi connectivity index (χ0v) is 17.0. The largest absolute Gasteiger partial charge is 0.457 e. The Balaban J connectivity index is 0.00000196. The van der Waals surface area contributed by atoms with E-state index in [0.29, 0.717) is 5.75 Å². The van der Waals surface area contributed by atoms with Crippen LogP contribution in [-0.2, 0) is 0 Å². The minimum absolute atomic E-state index is 0. The number of nitrogens with one attached hydrogen (secondary N) is 1. The summed E-state index contributed by atoms with van der Waals surface area (Å²) in [5.41, 5.74) is 0.900. The van der Waals surface area contributed by atoms with Crippen LogP contribution < -0.4 is 10.1 Å². The number of para-hydroxylation sites is 1. The molecular formula is C20H25Cl2F3N2O. The maximum Gasteiger partial charge on any atom is 0.389 e. The highest BCUT2D eigenvalue weighted by molar-refractivity contribution is 5.85. The fourth-order valence-electron chi connectivity index (χ4n) is 3.24. The van der Waals surface area contributed by atoms with E-state index in [1.165, 1.54) is 0 Å². The summed E-state index contributed by atoms with van der Waals surface area (Å²) in [6, 6.07) is 16.6. The predicted molar refractivity (Wildman–Crippen MR) is 110 cm³/mol. The van der Waals surface area contributed by atoms with Crippen LogP contribution in [-0.4, -0.2) is 37.3 Å². The van der Waals surface area contributed by atoms with Crippen LogP contribution in [0.25, 0.3) is 0 Å². The summed E-state index contributed by atoms with van der Waals surface area (Å²) in [4.78, 5) is 2.13. The van der Waals surface area contributed by atoms with Crippen LogP contribution in [0.1, 0.15) is 24.4 Å². The molecule has 0 aliphatic carbocycles. The van der Waals surface area contributed by atoms with E-state index < -0.39 is 12.6 Å². The van der Waals surface area contributed by atoms with Gasteiger partial charge in [0.2, 0.25) is 0 Å². The molecule has 8 heteroatoms. The first-order chi connectivity index (χ1) is 12.5. The average Bonchev–Trinajstić information content (AvgIpc) is 2.64. The quantitative estimate of drug-likeness (QED) is 0.636. The number of ether oxygens (including phenoxy) is 1. The summed E-state index contributed by atoms with van der Waals surface area (Å²) in [6.07, 6.45) is -4.84. The van der Waals surface area contributed by atoms with E-state index in [0.717, 1.165) is 37.5 Å². The molecule has 3 nitrogen and oxygen atoms in total. The molecule has 3 rings (SSSR count). The molecule has 0 spiro atoms. The van der Waals surface area contributed by atoms with Crippen LogP contribution in [0.5, 0.6) is 11.5 Å². The molecule has 1 fully saturated rings. The van der Waals surface area contributed by atoms with Gasteiger partial charge in [-0.05, 0) is 36.2 Å². The van der Waals surface area contributed by atoms with Crippen molar-refractivity contribution in [1.82, 2.24) is 10.2 Å². The topological polar surface area (TPSA) is 24.5 Å². The lowest BCUT2D eigenvalue weighted by Crippen LogP contribution is -2.45. The molecule has 1 N–H and O–H groups in total. The molecule has 1 aliphatic rings. The molecule has 0 amide bonds. The Kier molecular flexibility index (Phi) is 10.1. The van der Waals surface area contributed by atoms with Crippen LogP contribution in [0.3, 0.4) is 0 Å². The zero-order chi connectivity index (χ0) is 18.4. The Morgan fingerprint density at radius 1 is 0.893 bits per heavy atom. The average molecular weight is 437 g/mol. The smallest absolute Gasteiger partial charge is 0.389 e. The van der Waals surface area contributed by atoms with E-state index in [9.17, 15) is 13.2 Å². The third-order valence-corrected chi connectivity index (χ3v) is 4.54. The third-order valence-electron chi connectivity index (χ3n) is 4.54. The standard InChI is InChI=1S/C20H23F3N2O.2ClH/c21-20(22,23)11-10-19(25-14-12-24-13-15-25)16-6-8-18(9-7-16)26-17-4-2-1-3-5-17;;/h1-9,19,24H,10-15H2;2*1H/t19-;;/m0../s1. The fourth-order valence-corrected chi connectivity index (χ4v) is 3.24. The van der Waals surface area contributed by atoms with Crippen LogP contribution >= 0.6 is 24.8 Å². The second-order valence-electron chi connectivity index (χ2n) is 6.44. The Bertz CT molecular complexity index is 678. The molecule has 0 bridgehead atoms. The number of benzene rings is 2. The van der Waals surface area contributed by atoms with Gasteiger partial charge in [-0.15, -0.1) is 24.8 Å². The van der Waals surface area contributed by atoms with Gasteiger partial charge in [0, 0.05) is 38.6 Å². The minimum atomic E-state index is -4.14. The van der Waals surface area contributed by atoms with Gasteiger partial charge >= 0.3 is 6.18 Å². The van der Waals surface area contributed by atoms with Gasteiger partial charge in [-0.25, -0.2) is 0 Å². The van der Waals surface area contributed by atoms with Crippen molar-refractivity contribution in [3.8, 4) is 11.5 Å². The first-order valence-electron chi connectivity index (χ1n) is 8.86. The van der Waals surface area contributed by atoms with Gasteiger partial charge in [0.05, 0.1) is 0 Å². The molecule has 0 radical (unpaired) electrons. The molecular weight excluding hydrogens is 412 g/mol. The van der Waals surface area contributed by atoms with Crippen molar-refractivity contribution < 1.29 is 17.9 Å². The number of rotatable bonds is 6. The SMILES string of the molecule is Cl.Cl.FC(F)(F)CC[C@@H](c1ccc(Oc2ccccc2)cc1)N1CCNCC1. The van der Waals surface area contributed by atoms with Gasteiger partial charge in [0.1, 0.15) is 11.5 Å². The number of nitrogens with zero attached hydrogens (tertiary/aromatic N) is 1. The number of hydrogen-bond acceptors (Lipinski definition) is 3. The summed E-state index contributed by atoms with van der Waals surface area (Å²) < 4.78 is 44.0. The van der Waals surface area contributed by atoms with Crippen molar-refractivity contribution in [2.24, 2.45) is 0 Å². The highest BCUT2D eigenvalue weighted by atomic mass is 35.5. The van der Waals surface area contributed by atoms with Crippen molar-refractivity contribution >= 4 is 24.8 Å². The summed E-state index contributed by atoms with van der Waals surface area (Å²) in [5, 5.41) is 3.25. The van der Waals surface area contributed by atoms with Gasteiger partial charge in [0.15, 0.2) is 0 Å². The monoisotopic (exact) mass is 436 g/mol. The van der Waals surface area contributed by atoms with Crippen LogP contribution in [0.2, 0.25) is 0 Å². The van der Waals surface area contributed by atoms with Gasteiger partial charge in [-0.2, -0.15) is 13.2 Å². The summed E-state index contributed by atoms with van der Waals surface area (Å²) in [5.74, 6) is 1.41. The van der Waals surface area contributed by atoms with Crippen LogP contribution in [0, 0.1) is 0 Å². The van der Waals surface area contributed by atoms with Gasteiger partial charge in [-0.3, -0.25) is 4.90 Å². The molecule has 156 valence electrons. The zero-order valence-electron chi connectivity index (χ0n) is 15.3. The molecule has 1 aliphatic heterocycles. The first-order valence-corrected chi connectivity index (χ1v) is 8.86. The highest BCUT2D eigenvalue weighted by Crippen LogP contribution is 2.33. The fraction of sp³-hybridized carbons (Fsp3) is 0.400. The highest BCUT2D eigenvalue weighted by Gasteiger charge is 2.31. The minimum Gasteiger partial charge on any atom is -0.457 e. The molecule has 2 aromatic carbocycles. The lowest BCUT2D eigenvalue weighted by molar-refractivity contribution is -0.138. The maximum atomic E-state index is 12.8. The molecule has 0 unspecified atom stereocenters. The van der Waals surface area contributed by atoms with Gasteiger partial charge in [-0.1, -0.05) is 30.3 Å². The molecule has 0 saturated carbocycles. The number of piperazine rings is 1. The summed E-state index contributed by atoms with van der Waals surface area (Å²) in [7, 11) is 0. The number of alkyl halides is 3. The van der Waals surface area contributed by atoms with E-state index in [4.69, 9.17) is 4.74 Å².